The second-order valence-electron chi connectivity index (χ2n) is 7.73. The molecule has 1 N–H and O–H groups in total. The molecule has 5 heteroatoms. The Hall–Kier alpha value is -2.40. The number of benzene rings is 1. The van der Waals surface area contributed by atoms with Crippen LogP contribution in [0.3, 0.4) is 0 Å². The Kier molecular flexibility index (Phi) is 3.71. The average molecular weight is 349 g/mol. The predicted octanol–water partition coefficient (Wildman–Crippen LogP) is 2.49. The number of hydrogen-bond acceptors (Lipinski definition) is 4. The molecule has 1 aromatic carbocycles. The Morgan fingerprint density at radius 1 is 1.08 bits per heavy atom. The standard InChI is InChI=1S/C21H23N3O2/c25-16-5-3-4-15(12-16)17-13-24(21(26)18-6-1-2-9-22-18)19-14-7-10-23(11-8-14)20(17)19/h1-6,9,12,14,17,19-20,25H,7-8,10-11,13H2. The van der Waals surface area contributed by atoms with Crippen molar-refractivity contribution in [3.05, 3.63) is 59.9 Å². The molecule has 1 amide bonds. The number of amides is 1. The van der Waals surface area contributed by atoms with Crippen molar-refractivity contribution in [2.24, 2.45) is 5.92 Å². The zero-order valence-corrected chi connectivity index (χ0v) is 14.7. The van der Waals surface area contributed by atoms with Crippen LogP contribution in [0, 0.1) is 5.92 Å². The molecule has 0 saturated carbocycles. The Morgan fingerprint density at radius 3 is 2.65 bits per heavy atom. The van der Waals surface area contributed by atoms with Crippen LogP contribution >= 0.6 is 0 Å². The third kappa shape index (κ3) is 2.42. The highest BCUT2D eigenvalue weighted by atomic mass is 16.3. The molecule has 4 fully saturated rings. The molecule has 3 atom stereocenters. The fourth-order valence-electron chi connectivity index (χ4n) is 5.34. The minimum atomic E-state index is 0.0389. The van der Waals surface area contributed by atoms with Gasteiger partial charge in [-0.1, -0.05) is 18.2 Å². The van der Waals surface area contributed by atoms with Crippen LogP contribution in [0.4, 0.5) is 0 Å². The second-order valence-corrected chi connectivity index (χ2v) is 7.73. The van der Waals surface area contributed by atoms with E-state index in [1.807, 2.05) is 24.3 Å². The normalized spacial score (nSPS) is 32.5. The van der Waals surface area contributed by atoms with E-state index < -0.39 is 0 Å². The summed E-state index contributed by atoms with van der Waals surface area (Å²) in [5.74, 6) is 1.14. The molecule has 6 rings (SSSR count). The Morgan fingerprint density at radius 2 is 1.92 bits per heavy atom. The summed E-state index contributed by atoms with van der Waals surface area (Å²) in [6.45, 7) is 2.93. The first-order valence-corrected chi connectivity index (χ1v) is 9.47. The monoisotopic (exact) mass is 349 g/mol. The van der Waals surface area contributed by atoms with Gasteiger partial charge >= 0.3 is 0 Å². The SMILES string of the molecule is O=C(c1ccccn1)N1CC(c2cccc(O)c2)C2C1C1CCN2CC1. The van der Waals surface area contributed by atoms with Gasteiger partial charge in [0.1, 0.15) is 11.4 Å². The minimum Gasteiger partial charge on any atom is -0.508 e. The number of nitrogens with zero attached hydrogens (tertiary/aromatic N) is 3. The highest BCUT2D eigenvalue weighted by Gasteiger charge is 2.54. The highest BCUT2D eigenvalue weighted by Crippen LogP contribution is 2.47. The van der Waals surface area contributed by atoms with Crippen molar-refractivity contribution in [1.29, 1.82) is 0 Å². The molecule has 0 radical (unpaired) electrons. The first-order valence-electron chi connectivity index (χ1n) is 9.47. The van der Waals surface area contributed by atoms with Crippen molar-refractivity contribution in [3.8, 4) is 5.75 Å². The number of phenols is 1. The summed E-state index contributed by atoms with van der Waals surface area (Å²) in [4.78, 5) is 22.1. The molecule has 5 heterocycles. The molecule has 2 aromatic rings. The number of phenolic OH excluding ortho intramolecular Hbond substituents is 1. The number of piperidine rings is 3. The quantitative estimate of drug-likeness (QED) is 0.905. The van der Waals surface area contributed by atoms with Gasteiger partial charge in [-0.05, 0) is 61.7 Å². The topological polar surface area (TPSA) is 56.7 Å². The molecule has 1 aromatic heterocycles. The van der Waals surface area contributed by atoms with Gasteiger partial charge in [0, 0.05) is 24.7 Å². The van der Waals surface area contributed by atoms with Gasteiger partial charge < -0.3 is 10.0 Å². The van der Waals surface area contributed by atoms with E-state index in [1.165, 1.54) is 12.8 Å². The summed E-state index contributed by atoms with van der Waals surface area (Å²) in [6, 6.07) is 13.7. The van der Waals surface area contributed by atoms with Crippen LogP contribution in [0.1, 0.15) is 34.8 Å². The lowest BCUT2D eigenvalue weighted by Gasteiger charge is -2.51. The summed E-state index contributed by atoms with van der Waals surface area (Å²) in [6.07, 6.45) is 4.02. The first-order chi connectivity index (χ1) is 12.7. The maximum atomic E-state index is 13.2. The molecule has 0 spiro atoms. The number of aromatic hydroxyl groups is 1. The van der Waals surface area contributed by atoms with Crippen LogP contribution < -0.4 is 0 Å². The Balaban J connectivity index is 1.54. The molecule has 3 unspecified atom stereocenters. The molecule has 4 aliphatic heterocycles. The molecular weight excluding hydrogens is 326 g/mol. The lowest BCUT2D eigenvalue weighted by molar-refractivity contribution is -0.00359. The fraction of sp³-hybridized carbons (Fsp3) is 0.429. The van der Waals surface area contributed by atoms with Gasteiger partial charge in [-0.2, -0.15) is 0 Å². The molecular formula is C21H23N3O2. The van der Waals surface area contributed by atoms with Gasteiger partial charge in [0.05, 0.1) is 6.04 Å². The van der Waals surface area contributed by atoms with Crippen molar-refractivity contribution in [1.82, 2.24) is 14.8 Å². The van der Waals surface area contributed by atoms with Crippen LogP contribution in [0.25, 0.3) is 0 Å². The maximum Gasteiger partial charge on any atom is 0.272 e. The molecule has 4 aliphatic rings. The van der Waals surface area contributed by atoms with E-state index in [4.69, 9.17) is 0 Å². The van der Waals surface area contributed by atoms with E-state index in [0.717, 1.165) is 18.7 Å². The number of carbonyl (C=O) groups excluding carboxylic acids is 1. The molecule has 134 valence electrons. The third-order valence-corrected chi connectivity index (χ3v) is 6.44. The first kappa shape index (κ1) is 15.8. The minimum absolute atomic E-state index is 0.0389. The molecule has 5 nitrogen and oxygen atoms in total. The predicted molar refractivity (Wildman–Crippen MR) is 98.0 cm³/mol. The summed E-state index contributed by atoms with van der Waals surface area (Å²) in [5.41, 5.74) is 1.66. The zero-order valence-electron chi connectivity index (χ0n) is 14.7. The van der Waals surface area contributed by atoms with E-state index >= 15 is 0 Å². The van der Waals surface area contributed by atoms with Gasteiger partial charge in [0.15, 0.2) is 0 Å². The van der Waals surface area contributed by atoms with Crippen molar-refractivity contribution in [2.45, 2.75) is 30.8 Å². The number of carbonyl (C=O) groups is 1. The summed E-state index contributed by atoms with van der Waals surface area (Å²) >= 11 is 0. The Bertz CT molecular complexity index is 817. The lowest BCUT2D eigenvalue weighted by atomic mass is 9.75. The number of rotatable bonds is 2. The maximum absolute atomic E-state index is 13.2. The van der Waals surface area contributed by atoms with Crippen molar-refractivity contribution in [3.63, 3.8) is 0 Å². The van der Waals surface area contributed by atoms with Gasteiger partial charge in [-0.15, -0.1) is 0 Å². The fourth-order valence-corrected chi connectivity index (χ4v) is 5.34. The highest BCUT2D eigenvalue weighted by molar-refractivity contribution is 5.93. The van der Waals surface area contributed by atoms with E-state index in [-0.39, 0.29) is 17.9 Å². The van der Waals surface area contributed by atoms with Crippen LogP contribution in [-0.2, 0) is 0 Å². The van der Waals surface area contributed by atoms with E-state index in [9.17, 15) is 9.90 Å². The van der Waals surface area contributed by atoms with Crippen LogP contribution in [-0.4, -0.2) is 57.5 Å². The van der Waals surface area contributed by atoms with Crippen molar-refractivity contribution >= 4 is 5.91 Å². The van der Waals surface area contributed by atoms with Crippen LogP contribution in [0.5, 0.6) is 5.75 Å². The molecule has 0 aliphatic carbocycles. The Labute approximate surface area is 153 Å². The number of hydrogen-bond donors (Lipinski definition) is 1. The number of likely N-dealkylation sites (tertiary alicyclic amines) is 1. The van der Waals surface area contributed by atoms with Gasteiger partial charge in [-0.3, -0.25) is 14.7 Å². The van der Waals surface area contributed by atoms with E-state index in [0.29, 0.717) is 29.9 Å². The van der Waals surface area contributed by atoms with Gasteiger partial charge in [-0.25, -0.2) is 0 Å². The largest absolute Gasteiger partial charge is 0.508 e. The lowest BCUT2D eigenvalue weighted by Crippen LogP contribution is -2.60. The zero-order chi connectivity index (χ0) is 17.7. The van der Waals surface area contributed by atoms with Crippen molar-refractivity contribution < 1.29 is 9.90 Å². The van der Waals surface area contributed by atoms with Gasteiger partial charge in [0.2, 0.25) is 0 Å². The molecule has 4 saturated heterocycles. The van der Waals surface area contributed by atoms with Crippen LogP contribution in [0.15, 0.2) is 48.7 Å². The van der Waals surface area contributed by atoms with Crippen molar-refractivity contribution in [2.75, 3.05) is 19.6 Å². The average Bonchev–Trinajstić information content (AvgIpc) is 3.12. The summed E-state index contributed by atoms with van der Waals surface area (Å²) in [7, 11) is 0. The molecule has 26 heavy (non-hydrogen) atoms. The number of pyridine rings is 1. The summed E-state index contributed by atoms with van der Waals surface area (Å²) in [5, 5.41) is 9.95. The van der Waals surface area contributed by atoms with E-state index in [1.54, 1.807) is 18.3 Å². The second kappa shape index (κ2) is 6.09. The van der Waals surface area contributed by atoms with Gasteiger partial charge in [0.25, 0.3) is 5.91 Å². The summed E-state index contributed by atoms with van der Waals surface area (Å²) < 4.78 is 0. The smallest absolute Gasteiger partial charge is 0.272 e. The molecule has 2 bridgehead atoms. The van der Waals surface area contributed by atoms with E-state index in [2.05, 4.69) is 20.9 Å². The number of aromatic nitrogens is 1. The van der Waals surface area contributed by atoms with Crippen LogP contribution in [0.2, 0.25) is 0 Å². The third-order valence-electron chi connectivity index (χ3n) is 6.44. The number of fused-ring (bicyclic) bond motifs is 2.